The predicted octanol–water partition coefficient (Wildman–Crippen LogP) is 0.875. The van der Waals surface area contributed by atoms with Gasteiger partial charge in [-0.25, -0.2) is 9.18 Å². The molecule has 1 amide bonds. The van der Waals surface area contributed by atoms with Crippen LogP contribution in [0.3, 0.4) is 0 Å². The van der Waals surface area contributed by atoms with E-state index >= 15 is 0 Å². The molecule has 0 aliphatic carbocycles. The summed E-state index contributed by atoms with van der Waals surface area (Å²) < 4.78 is 15.0. The lowest BCUT2D eigenvalue weighted by Gasteiger charge is -2.03. The van der Waals surface area contributed by atoms with E-state index in [1.807, 2.05) is 0 Å². The molecule has 0 aliphatic heterocycles. The molecule has 2 rings (SSSR count). The molecule has 1 heterocycles. The van der Waals surface area contributed by atoms with Gasteiger partial charge in [-0.1, -0.05) is 0 Å². The number of rotatable bonds is 3. The smallest absolute Gasteiger partial charge is 0.323 e. The van der Waals surface area contributed by atoms with Crippen LogP contribution in [0.4, 0.5) is 10.1 Å². The summed E-state index contributed by atoms with van der Waals surface area (Å²) >= 11 is 0. The summed E-state index contributed by atoms with van der Waals surface area (Å²) in [7, 11) is 2.87. The second kappa shape index (κ2) is 6.21. The third-order valence-electron chi connectivity index (χ3n) is 3.00. The molecule has 0 spiro atoms. The largest absolute Gasteiger partial charge is 0.330 e. The molecule has 2 aromatic rings. The van der Waals surface area contributed by atoms with Crippen molar-refractivity contribution in [2.24, 2.45) is 14.1 Å². The second-order valence-corrected chi connectivity index (χ2v) is 4.67. The van der Waals surface area contributed by atoms with Crippen molar-refractivity contribution in [2.45, 2.75) is 0 Å². The first kappa shape index (κ1) is 15.4. The van der Waals surface area contributed by atoms with Gasteiger partial charge in [0.1, 0.15) is 5.82 Å². The van der Waals surface area contributed by atoms with Crippen molar-refractivity contribution in [3.63, 3.8) is 0 Å². The van der Waals surface area contributed by atoms with Gasteiger partial charge in [0.2, 0.25) is 5.91 Å². The fraction of sp³-hybridized carbons (Fsp3) is 0.133. The van der Waals surface area contributed by atoms with Gasteiger partial charge >= 0.3 is 5.69 Å². The van der Waals surface area contributed by atoms with E-state index in [2.05, 4.69) is 5.32 Å². The Morgan fingerprint density at radius 1 is 1.18 bits per heavy atom. The van der Waals surface area contributed by atoms with Gasteiger partial charge in [0, 0.05) is 32.1 Å². The van der Waals surface area contributed by atoms with Crippen molar-refractivity contribution < 1.29 is 9.18 Å². The normalized spacial score (nSPS) is 10.9. The molecule has 1 aromatic heterocycles. The number of hydrogen-bond donors (Lipinski definition) is 1. The highest BCUT2D eigenvalue weighted by atomic mass is 19.1. The van der Waals surface area contributed by atoms with E-state index < -0.39 is 23.0 Å². The Morgan fingerprint density at radius 3 is 2.45 bits per heavy atom. The molecule has 0 atom stereocenters. The van der Waals surface area contributed by atoms with E-state index in [1.54, 1.807) is 0 Å². The van der Waals surface area contributed by atoms with Crippen molar-refractivity contribution in [3.05, 3.63) is 68.8 Å². The molecular formula is C15H14FN3O3. The number of carbonyl (C=O) groups excluding carboxylic acids is 1. The number of aryl methyl sites for hydroxylation is 1. The lowest BCUT2D eigenvalue weighted by atomic mass is 10.2. The maximum Gasteiger partial charge on any atom is 0.330 e. The van der Waals surface area contributed by atoms with E-state index in [9.17, 15) is 18.8 Å². The molecule has 0 bridgehead atoms. The number of carbonyl (C=O) groups is 1. The van der Waals surface area contributed by atoms with E-state index in [4.69, 9.17) is 0 Å². The summed E-state index contributed by atoms with van der Waals surface area (Å²) in [5.74, 6) is -0.871. The number of halogens is 1. The van der Waals surface area contributed by atoms with Gasteiger partial charge in [0.15, 0.2) is 0 Å². The summed E-state index contributed by atoms with van der Waals surface area (Å²) in [6.45, 7) is 0. The first-order chi connectivity index (χ1) is 10.4. The number of hydrogen-bond acceptors (Lipinski definition) is 3. The zero-order valence-electron chi connectivity index (χ0n) is 12.0. The van der Waals surface area contributed by atoms with Crippen LogP contribution in [0.5, 0.6) is 0 Å². The van der Waals surface area contributed by atoms with Gasteiger partial charge in [0.05, 0.1) is 5.56 Å². The SMILES string of the molecule is Cn1cc(/C=C/C(=O)Nc2ccc(F)cc2)c(=O)n(C)c1=O. The molecule has 1 N–H and O–H groups in total. The number of anilines is 1. The Bertz CT molecular complexity index is 848. The van der Waals surface area contributed by atoms with Gasteiger partial charge in [-0.15, -0.1) is 0 Å². The highest BCUT2D eigenvalue weighted by molar-refractivity contribution is 6.01. The molecule has 0 fully saturated rings. The first-order valence-electron chi connectivity index (χ1n) is 6.40. The third kappa shape index (κ3) is 3.38. The minimum Gasteiger partial charge on any atom is -0.323 e. The van der Waals surface area contributed by atoms with Crippen molar-refractivity contribution >= 4 is 17.7 Å². The molecule has 6 nitrogen and oxygen atoms in total. The first-order valence-corrected chi connectivity index (χ1v) is 6.40. The summed E-state index contributed by atoms with van der Waals surface area (Å²) in [6, 6.07) is 5.29. The number of amides is 1. The molecule has 22 heavy (non-hydrogen) atoms. The average molecular weight is 303 g/mol. The fourth-order valence-corrected chi connectivity index (χ4v) is 1.83. The van der Waals surface area contributed by atoms with Gasteiger partial charge in [-0.2, -0.15) is 0 Å². The predicted molar refractivity (Wildman–Crippen MR) is 81.0 cm³/mol. The highest BCUT2D eigenvalue weighted by Gasteiger charge is 2.05. The van der Waals surface area contributed by atoms with Crippen LogP contribution in [0.25, 0.3) is 6.08 Å². The fourth-order valence-electron chi connectivity index (χ4n) is 1.83. The second-order valence-electron chi connectivity index (χ2n) is 4.67. The van der Waals surface area contributed by atoms with Crippen LogP contribution in [-0.2, 0) is 18.9 Å². The van der Waals surface area contributed by atoms with Crippen LogP contribution >= 0.6 is 0 Å². The minimum absolute atomic E-state index is 0.207. The molecule has 0 saturated heterocycles. The number of benzene rings is 1. The maximum absolute atomic E-state index is 12.8. The van der Waals surface area contributed by atoms with Crippen LogP contribution in [0.2, 0.25) is 0 Å². The molecule has 0 radical (unpaired) electrons. The number of nitrogens with one attached hydrogen (secondary N) is 1. The highest BCUT2D eigenvalue weighted by Crippen LogP contribution is 2.08. The molecule has 1 aromatic carbocycles. The third-order valence-corrected chi connectivity index (χ3v) is 3.00. The maximum atomic E-state index is 12.8. The van der Waals surface area contributed by atoms with E-state index in [-0.39, 0.29) is 5.56 Å². The number of aromatic nitrogens is 2. The Morgan fingerprint density at radius 2 is 1.82 bits per heavy atom. The van der Waals surface area contributed by atoms with Crippen molar-refractivity contribution in [1.82, 2.24) is 9.13 Å². The van der Waals surface area contributed by atoms with Gasteiger partial charge in [-0.05, 0) is 30.3 Å². The molecule has 7 heteroatoms. The van der Waals surface area contributed by atoms with E-state index in [1.165, 1.54) is 61.3 Å². The van der Waals surface area contributed by atoms with Gasteiger partial charge in [0.25, 0.3) is 5.56 Å². The summed E-state index contributed by atoms with van der Waals surface area (Å²) in [4.78, 5) is 35.2. The summed E-state index contributed by atoms with van der Waals surface area (Å²) in [5, 5.41) is 2.53. The molecule has 0 saturated carbocycles. The zero-order chi connectivity index (χ0) is 16.3. The Balaban J connectivity index is 2.18. The van der Waals surface area contributed by atoms with Gasteiger partial charge < -0.3 is 9.88 Å². The molecule has 0 unspecified atom stereocenters. The zero-order valence-corrected chi connectivity index (χ0v) is 12.0. The van der Waals surface area contributed by atoms with Crippen LogP contribution < -0.4 is 16.6 Å². The summed E-state index contributed by atoms with van der Waals surface area (Å²) in [6.07, 6.45) is 3.84. The average Bonchev–Trinajstić information content (AvgIpc) is 2.50. The monoisotopic (exact) mass is 303 g/mol. The standard InChI is InChI=1S/C15H14FN3O3/c1-18-9-10(14(21)19(2)15(18)22)3-8-13(20)17-12-6-4-11(16)5-7-12/h3-9H,1-2H3,(H,17,20)/b8-3+. The van der Waals surface area contributed by atoms with Crippen molar-refractivity contribution in [1.29, 1.82) is 0 Å². The number of nitrogens with zero attached hydrogens (tertiary/aromatic N) is 2. The Kier molecular flexibility index (Phi) is 4.36. The molecular weight excluding hydrogens is 289 g/mol. The Hall–Kier alpha value is -2.96. The van der Waals surface area contributed by atoms with Crippen LogP contribution in [0, 0.1) is 5.82 Å². The lowest BCUT2D eigenvalue weighted by molar-refractivity contribution is -0.111. The lowest BCUT2D eigenvalue weighted by Crippen LogP contribution is -2.37. The van der Waals surface area contributed by atoms with Crippen LogP contribution in [-0.4, -0.2) is 15.0 Å². The van der Waals surface area contributed by atoms with E-state index in [0.29, 0.717) is 5.69 Å². The summed E-state index contributed by atoms with van der Waals surface area (Å²) in [5.41, 5.74) is -0.296. The minimum atomic E-state index is -0.492. The van der Waals surface area contributed by atoms with Crippen molar-refractivity contribution in [2.75, 3.05) is 5.32 Å². The Labute approximate surface area is 125 Å². The van der Waals surface area contributed by atoms with Crippen LogP contribution in [0.15, 0.2) is 46.1 Å². The molecule has 0 aliphatic rings. The topological polar surface area (TPSA) is 73.1 Å². The molecule has 114 valence electrons. The quantitative estimate of drug-likeness (QED) is 0.855. The van der Waals surface area contributed by atoms with E-state index in [0.717, 1.165) is 4.57 Å². The van der Waals surface area contributed by atoms with Crippen molar-refractivity contribution in [3.8, 4) is 0 Å². The van der Waals surface area contributed by atoms with Crippen LogP contribution in [0.1, 0.15) is 5.56 Å². The van der Waals surface area contributed by atoms with Gasteiger partial charge in [-0.3, -0.25) is 14.2 Å².